The number of hydrogen-bond acceptors (Lipinski definition) is 6. The Morgan fingerprint density at radius 3 is 2.15 bits per heavy atom. The standard InChI is InChI=1S/C24H31N3O4S.C2HF3O2/c1-18-3-8-22(19(2)17-18)32(29,30)26-21-6-4-20(5-7-21)24(9-10-24)23(28)25-11-12-27-13-15-31-16-14-27;3-2(4,5)1(6)7/h3-8,17,26H,9-16H2,1-2H3,(H,25,28);(H,6,7). The molecule has 1 aliphatic heterocycles. The molecule has 2 aromatic carbocycles. The molecule has 1 saturated heterocycles. The SMILES string of the molecule is Cc1ccc(S(=O)(=O)Nc2ccc(C3(C(=O)NCCN4CCOCC4)CC3)cc2)c(C)c1.O=C(O)C(F)(F)F. The average Bonchev–Trinajstić information content (AvgIpc) is 3.67. The molecule has 0 atom stereocenters. The second-order valence-corrected chi connectivity index (χ2v) is 11.2. The van der Waals surface area contributed by atoms with Crippen molar-refractivity contribution < 1.29 is 41.0 Å². The Balaban J connectivity index is 0.000000532. The minimum Gasteiger partial charge on any atom is -0.475 e. The normalized spacial score (nSPS) is 16.9. The van der Waals surface area contributed by atoms with Crippen LogP contribution in [-0.4, -0.2) is 75.9 Å². The van der Waals surface area contributed by atoms with Crippen LogP contribution in [0.4, 0.5) is 18.9 Å². The van der Waals surface area contributed by atoms with Crippen molar-refractivity contribution in [1.82, 2.24) is 10.2 Å². The number of hydrogen-bond donors (Lipinski definition) is 3. The molecule has 0 radical (unpaired) electrons. The molecule has 0 unspecified atom stereocenters. The van der Waals surface area contributed by atoms with Crippen LogP contribution in [0.15, 0.2) is 47.4 Å². The smallest absolute Gasteiger partial charge is 0.475 e. The van der Waals surface area contributed by atoms with E-state index in [0.29, 0.717) is 17.8 Å². The van der Waals surface area contributed by atoms with Gasteiger partial charge in [-0.05, 0) is 56.0 Å². The number of rotatable bonds is 8. The van der Waals surface area contributed by atoms with E-state index >= 15 is 0 Å². The van der Waals surface area contributed by atoms with Crippen molar-refractivity contribution in [2.75, 3.05) is 44.1 Å². The summed E-state index contributed by atoms with van der Waals surface area (Å²) in [7, 11) is -3.68. The fraction of sp³-hybridized carbons (Fsp3) is 0.462. The topological polar surface area (TPSA) is 125 Å². The second kappa shape index (κ2) is 12.3. The summed E-state index contributed by atoms with van der Waals surface area (Å²) in [5.74, 6) is -2.71. The fourth-order valence-electron chi connectivity index (χ4n) is 4.26. The van der Waals surface area contributed by atoms with Gasteiger partial charge in [-0.1, -0.05) is 29.8 Å². The molecule has 1 aliphatic carbocycles. The Morgan fingerprint density at radius 1 is 1.05 bits per heavy atom. The van der Waals surface area contributed by atoms with Gasteiger partial charge in [-0.25, -0.2) is 13.2 Å². The molecule has 9 nitrogen and oxygen atoms in total. The highest BCUT2D eigenvalue weighted by molar-refractivity contribution is 7.92. The number of halogens is 3. The van der Waals surface area contributed by atoms with Crippen LogP contribution in [-0.2, 0) is 29.8 Å². The van der Waals surface area contributed by atoms with E-state index in [-0.39, 0.29) is 10.8 Å². The number of nitrogens with one attached hydrogen (secondary N) is 2. The zero-order valence-corrected chi connectivity index (χ0v) is 22.5. The number of amides is 1. The molecule has 0 spiro atoms. The van der Waals surface area contributed by atoms with Crippen molar-refractivity contribution in [2.45, 2.75) is 43.2 Å². The van der Waals surface area contributed by atoms with Crippen LogP contribution in [0.2, 0.25) is 0 Å². The first-order valence-electron chi connectivity index (χ1n) is 12.3. The lowest BCUT2D eigenvalue weighted by Gasteiger charge is -2.27. The van der Waals surface area contributed by atoms with E-state index in [1.54, 1.807) is 31.2 Å². The summed E-state index contributed by atoms with van der Waals surface area (Å²) in [5.41, 5.74) is 2.65. The molecule has 1 heterocycles. The van der Waals surface area contributed by atoms with Gasteiger partial charge in [0.1, 0.15) is 0 Å². The van der Waals surface area contributed by atoms with Crippen LogP contribution in [0.3, 0.4) is 0 Å². The van der Waals surface area contributed by atoms with E-state index in [0.717, 1.165) is 56.8 Å². The third kappa shape index (κ3) is 8.16. The van der Waals surface area contributed by atoms with Crippen molar-refractivity contribution in [3.05, 3.63) is 59.2 Å². The molecular formula is C26H32F3N3O6S. The predicted octanol–water partition coefficient (Wildman–Crippen LogP) is 3.22. The summed E-state index contributed by atoms with van der Waals surface area (Å²) in [4.78, 5) is 24.3. The Bertz CT molecular complexity index is 1270. The summed E-state index contributed by atoms with van der Waals surface area (Å²) >= 11 is 0. The fourth-order valence-corrected chi connectivity index (χ4v) is 5.55. The maximum atomic E-state index is 12.9. The summed E-state index contributed by atoms with van der Waals surface area (Å²) in [6.07, 6.45) is -3.46. The van der Waals surface area contributed by atoms with Gasteiger partial charge in [0.15, 0.2) is 0 Å². The number of benzene rings is 2. The lowest BCUT2D eigenvalue weighted by molar-refractivity contribution is -0.192. The molecule has 39 heavy (non-hydrogen) atoms. The first-order valence-corrected chi connectivity index (χ1v) is 13.8. The van der Waals surface area contributed by atoms with Gasteiger partial charge in [0.25, 0.3) is 10.0 Å². The third-order valence-corrected chi connectivity index (χ3v) is 8.10. The molecule has 13 heteroatoms. The summed E-state index contributed by atoms with van der Waals surface area (Å²) in [5, 5.41) is 10.2. The van der Waals surface area contributed by atoms with Gasteiger partial charge in [0, 0.05) is 31.9 Å². The summed E-state index contributed by atoms with van der Waals surface area (Å²) in [6, 6.07) is 12.4. The third-order valence-electron chi connectivity index (χ3n) is 6.55. The molecule has 0 bridgehead atoms. The highest BCUT2D eigenvalue weighted by Crippen LogP contribution is 2.48. The first-order chi connectivity index (χ1) is 18.2. The summed E-state index contributed by atoms with van der Waals surface area (Å²) < 4.78 is 65.3. The minimum atomic E-state index is -5.08. The molecule has 1 amide bonds. The van der Waals surface area contributed by atoms with Gasteiger partial charge < -0.3 is 15.2 Å². The number of morpholine rings is 1. The van der Waals surface area contributed by atoms with Gasteiger partial charge in [0.05, 0.1) is 23.5 Å². The maximum absolute atomic E-state index is 12.9. The minimum absolute atomic E-state index is 0.0503. The van der Waals surface area contributed by atoms with Gasteiger partial charge in [-0.15, -0.1) is 0 Å². The van der Waals surface area contributed by atoms with Crippen molar-refractivity contribution in [2.24, 2.45) is 0 Å². The zero-order valence-electron chi connectivity index (χ0n) is 21.7. The van der Waals surface area contributed by atoms with Crippen molar-refractivity contribution >= 4 is 27.6 Å². The van der Waals surface area contributed by atoms with E-state index in [9.17, 15) is 26.4 Å². The van der Waals surface area contributed by atoms with Crippen LogP contribution in [0.5, 0.6) is 0 Å². The molecular weight excluding hydrogens is 539 g/mol. The number of ether oxygens (including phenoxy) is 1. The number of sulfonamides is 1. The van der Waals surface area contributed by atoms with Crippen LogP contribution in [0.25, 0.3) is 0 Å². The van der Waals surface area contributed by atoms with Crippen LogP contribution < -0.4 is 10.0 Å². The van der Waals surface area contributed by atoms with Crippen molar-refractivity contribution in [1.29, 1.82) is 0 Å². The highest BCUT2D eigenvalue weighted by atomic mass is 32.2. The molecule has 2 aromatic rings. The van der Waals surface area contributed by atoms with Gasteiger partial charge in [-0.3, -0.25) is 14.4 Å². The van der Waals surface area contributed by atoms with E-state index in [1.807, 2.05) is 25.1 Å². The van der Waals surface area contributed by atoms with E-state index < -0.39 is 27.6 Å². The number of carbonyl (C=O) groups excluding carboxylic acids is 1. The van der Waals surface area contributed by atoms with Crippen molar-refractivity contribution in [3.63, 3.8) is 0 Å². The number of alkyl halides is 3. The second-order valence-electron chi connectivity index (χ2n) is 9.55. The van der Waals surface area contributed by atoms with Crippen LogP contribution in [0.1, 0.15) is 29.5 Å². The van der Waals surface area contributed by atoms with Gasteiger partial charge >= 0.3 is 12.1 Å². The van der Waals surface area contributed by atoms with Gasteiger partial charge in [-0.2, -0.15) is 13.2 Å². The summed E-state index contributed by atoms with van der Waals surface area (Å²) in [6.45, 7) is 8.47. The van der Waals surface area contributed by atoms with E-state index in [2.05, 4.69) is 14.9 Å². The first kappa shape index (κ1) is 30.4. The monoisotopic (exact) mass is 571 g/mol. The largest absolute Gasteiger partial charge is 0.490 e. The molecule has 2 aliphatic rings. The lowest BCUT2D eigenvalue weighted by Crippen LogP contribution is -2.43. The Kier molecular flexibility index (Phi) is 9.62. The number of carboxylic acid groups (broad SMARTS) is 1. The lowest BCUT2D eigenvalue weighted by atomic mass is 9.95. The number of carbonyl (C=O) groups is 2. The van der Waals surface area contributed by atoms with E-state index in [4.69, 9.17) is 14.6 Å². The molecule has 3 N–H and O–H groups in total. The number of carboxylic acids is 1. The quantitative estimate of drug-likeness (QED) is 0.444. The highest BCUT2D eigenvalue weighted by Gasteiger charge is 2.51. The number of aliphatic carboxylic acids is 1. The average molecular weight is 572 g/mol. The number of anilines is 1. The predicted molar refractivity (Wildman–Crippen MR) is 138 cm³/mol. The van der Waals surface area contributed by atoms with E-state index in [1.165, 1.54) is 0 Å². The number of nitrogens with zero attached hydrogens (tertiary/aromatic N) is 1. The van der Waals surface area contributed by atoms with Crippen molar-refractivity contribution in [3.8, 4) is 0 Å². The molecule has 0 aromatic heterocycles. The Morgan fingerprint density at radius 2 is 1.64 bits per heavy atom. The molecule has 4 rings (SSSR count). The Hall–Kier alpha value is -3.16. The zero-order chi connectivity index (χ0) is 28.8. The maximum Gasteiger partial charge on any atom is 0.490 e. The molecule has 214 valence electrons. The van der Waals surface area contributed by atoms with Gasteiger partial charge in [0.2, 0.25) is 5.91 Å². The molecule has 1 saturated carbocycles. The molecule has 2 fully saturated rings. The Labute approximate surface area is 225 Å². The van der Waals surface area contributed by atoms with Crippen LogP contribution in [0, 0.1) is 13.8 Å². The van der Waals surface area contributed by atoms with Crippen LogP contribution >= 0.6 is 0 Å². The number of aryl methyl sites for hydroxylation is 2.